The van der Waals surface area contributed by atoms with Crippen LogP contribution < -0.4 is 5.73 Å². The number of carbonyl (C=O) groups excluding carboxylic acids is 1. The Labute approximate surface area is 115 Å². The first-order valence-corrected chi connectivity index (χ1v) is 5.80. The summed E-state index contributed by atoms with van der Waals surface area (Å²) >= 11 is 0. The second kappa shape index (κ2) is 5.36. The Balaban J connectivity index is 2.26. The summed E-state index contributed by atoms with van der Waals surface area (Å²) in [6.45, 7) is 0. The molecule has 0 fully saturated rings. The summed E-state index contributed by atoms with van der Waals surface area (Å²) < 4.78 is 0. The number of benzene rings is 2. The number of aromatic hydroxyl groups is 3. The van der Waals surface area contributed by atoms with Gasteiger partial charge in [0.1, 0.15) is 22.8 Å². The number of nitrogens with two attached hydrogens (primary N) is 1. The molecule has 0 amide bonds. The van der Waals surface area contributed by atoms with Crippen molar-refractivity contribution >= 4 is 17.5 Å². The number of ketones is 1. The fourth-order valence-corrected chi connectivity index (χ4v) is 1.71. The Kier molecular flexibility index (Phi) is 3.61. The van der Waals surface area contributed by atoms with Crippen LogP contribution in [0.3, 0.4) is 0 Å². The third-order valence-electron chi connectivity index (χ3n) is 2.69. The third-order valence-corrected chi connectivity index (χ3v) is 2.69. The van der Waals surface area contributed by atoms with Crippen LogP contribution in [0.4, 0.5) is 5.69 Å². The molecule has 102 valence electrons. The summed E-state index contributed by atoms with van der Waals surface area (Å²) in [6, 6.07) is 8.83. The summed E-state index contributed by atoms with van der Waals surface area (Å²) in [4.78, 5) is 11.9. The zero-order valence-electron chi connectivity index (χ0n) is 10.4. The lowest BCUT2D eigenvalue weighted by Crippen LogP contribution is -1.95. The molecule has 20 heavy (non-hydrogen) atoms. The first kappa shape index (κ1) is 13.5. The number of carbonyl (C=O) groups is 1. The molecule has 0 saturated carbocycles. The van der Waals surface area contributed by atoms with Crippen LogP contribution in [0.15, 0.2) is 42.5 Å². The molecule has 5 nitrogen and oxygen atoms in total. The van der Waals surface area contributed by atoms with E-state index in [1.165, 1.54) is 12.2 Å². The first-order valence-electron chi connectivity index (χ1n) is 5.80. The molecule has 0 aliphatic rings. The summed E-state index contributed by atoms with van der Waals surface area (Å²) in [5.41, 5.74) is 6.66. The number of hydrogen-bond acceptors (Lipinski definition) is 5. The summed E-state index contributed by atoms with van der Waals surface area (Å²) in [6.07, 6.45) is 2.75. The minimum absolute atomic E-state index is 0.255. The van der Waals surface area contributed by atoms with Crippen LogP contribution in [0.5, 0.6) is 17.2 Å². The van der Waals surface area contributed by atoms with E-state index in [0.717, 1.165) is 17.7 Å². The van der Waals surface area contributed by atoms with Gasteiger partial charge in [0.05, 0.1) is 0 Å². The number of allylic oxidation sites excluding steroid dienone is 1. The quantitative estimate of drug-likeness (QED) is 0.389. The molecule has 0 saturated heterocycles. The maximum absolute atomic E-state index is 11.9. The largest absolute Gasteiger partial charge is 0.508 e. The van der Waals surface area contributed by atoms with Gasteiger partial charge in [-0.2, -0.15) is 0 Å². The van der Waals surface area contributed by atoms with Gasteiger partial charge in [0.15, 0.2) is 5.78 Å². The molecule has 0 unspecified atom stereocenters. The molecule has 0 spiro atoms. The van der Waals surface area contributed by atoms with Crippen molar-refractivity contribution in [3.8, 4) is 17.2 Å². The Bertz CT molecular complexity index is 652. The van der Waals surface area contributed by atoms with E-state index in [2.05, 4.69) is 0 Å². The van der Waals surface area contributed by atoms with Gasteiger partial charge in [-0.15, -0.1) is 0 Å². The zero-order chi connectivity index (χ0) is 14.7. The maximum atomic E-state index is 11.9. The van der Waals surface area contributed by atoms with Crippen LogP contribution in [0.2, 0.25) is 0 Å². The second-order valence-corrected chi connectivity index (χ2v) is 4.22. The highest BCUT2D eigenvalue weighted by atomic mass is 16.3. The van der Waals surface area contributed by atoms with Crippen LogP contribution in [0.1, 0.15) is 15.9 Å². The van der Waals surface area contributed by atoms with Crippen LogP contribution in [0, 0.1) is 0 Å². The minimum atomic E-state index is -0.572. The number of rotatable bonds is 3. The Hall–Kier alpha value is -2.95. The fraction of sp³-hybridized carbons (Fsp3) is 0. The van der Waals surface area contributed by atoms with Crippen LogP contribution in [-0.2, 0) is 0 Å². The maximum Gasteiger partial charge on any atom is 0.193 e. The van der Waals surface area contributed by atoms with E-state index in [1.807, 2.05) is 0 Å². The van der Waals surface area contributed by atoms with Gasteiger partial charge in [-0.3, -0.25) is 4.79 Å². The normalized spacial score (nSPS) is 10.8. The van der Waals surface area contributed by atoms with E-state index < -0.39 is 17.3 Å². The second-order valence-electron chi connectivity index (χ2n) is 4.22. The van der Waals surface area contributed by atoms with Crippen molar-refractivity contribution < 1.29 is 20.1 Å². The van der Waals surface area contributed by atoms with E-state index in [9.17, 15) is 20.1 Å². The number of anilines is 1. The predicted molar refractivity (Wildman–Crippen MR) is 75.7 cm³/mol. The van der Waals surface area contributed by atoms with Gasteiger partial charge in [0.25, 0.3) is 0 Å². The molecule has 5 heteroatoms. The lowest BCUT2D eigenvalue weighted by atomic mass is 10.1. The molecular weight excluding hydrogens is 258 g/mol. The van der Waals surface area contributed by atoms with E-state index >= 15 is 0 Å². The van der Waals surface area contributed by atoms with E-state index in [4.69, 9.17) is 5.73 Å². The zero-order valence-corrected chi connectivity index (χ0v) is 10.4. The van der Waals surface area contributed by atoms with Crippen molar-refractivity contribution in [2.24, 2.45) is 0 Å². The van der Waals surface area contributed by atoms with Gasteiger partial charge in [-0.25, -0.2) is 0 Å². The van der Waals surface area contributed by atoms with Crippen LogP contribution in [0.25, 0.3) is 6.08 Å². The van der Waals surface area contributed by atoms with Gasteiger partial charge in [0, 0.05) is 17.8 Å². The molecular formula is C15H13NO4. The van der Waals surface area contributed by atoms with Crippen molar-refractivity contribution in [1.82, 2.24) is 0 Å². The molecule has 0 heterocycles. The Morgan fingerprint density at radius 1 is 1.00 bits per heavy atom. The van der Waals surface area contributed by atoms with Crippen molar-refractivity contribution in [2.45, 2.75) is 0 Å². The summed E-state index contributed by atoms with van der Waals surface area (Å²) in [7, 11) is 0. The van der Waals surface area contributed by atoms with Gasteiger partial charge in [-0.05, 0) is 23.8 Å². The van der Waals surface area contributed by atoms with Gasteiger partial charge >= 0.3 is 0 Å². The van der Waals surface area contributed by atoms with Crippen molar-refractivity contribution in [2.75, 3.05) is 5.73 Å². The van der Waals surface area contributed by atoms with E-state index in [1.54, 1.807) is 24.3 Å². The Morgan fingerprint density at radius 3 is 2.10 bits per heavy atom. The molecule has 2 aromatic carbocycles. The lowest BCUT2D eigenvalue weighted by molar-refractivity contribution is 0.104. The molecule has 5 N–H and O–H groups in total. The van der Waals surface area contributed by atoms with Gasteiger partial charge < -0.3 is 21.1 Å². The summed E-state index contributed by atoms with van der Waals surface area (Å²) in [5, 5.41) is 28.3. The standard InChI is InChI=1S/C15H13NO4/c16-10-4-1-9(2-5-10)3-6-12(18)15-13(19)7-11(17)8-14(15)20/h1-8,17,19-20H,16H2. The average Bonchev–Trinajstić information content (AvgIpc) is 2.37. The van der Waals surface area contributed by atoms with Crippen LogP contribution in [-0.4, -0.2) is 21.1 Å². The van der Waals surface area contributed by atoms with Crippen molar-refractivity contribution in [3.05, 3.63) is 53.6 Å². The number of hydrogen-bond donors (Lipinski definition) is 4. The van der Waals surface area contributed by atoms with E-state index in [-0.39, 0.29) is 11.3 Å². The lowest BCUT2D eigenvalue weighted by Gasteiger charge is -2.04. The van der Waals surface area contributed by atoms with Gasteiger partial charge in [-0.1, -0.05) is 18.2 Å². The highest BCUT2D eigenvalue weighted by Gasteiger charge is 2.15. The topological polar surface area (TPSA) is 104 Å². The predicted octanol–water partition coefficient (Wildman–Crippen LogP) is 2.28. The van der Waals surface area contributed by atoms with Crippen molar-refractivity contribution in [3.63, 3.8) is 0 Å². The molecule has 0 aliphatic carbocycles. The molecule has 0 aliphatic heterocycles. The van der Waals surface area contributed by atoms with Crippen LogP contribution >= 0.6 is 0 Å². The molecule has 2 rings (SSSR count). The highest BCUT2D eigenvalue weighted by molar-refractivity contribution is 6.10. The first-order chi connectivity index (χ1) is 9.47. The minimum Gasteiger partial charge on any atom is -0.508 e. The fourth-order valence-electron chi connectivity index (χ4n) is 1.71. The monoisotopic (exact) mass is 271 g/mol. The number of nitrogen functional groups attached to an aromatic ring is 1. The van der Waals surface area contributed by atoms with E-state index in [0.29, 0.717) is 5.69 Å². The average molecular weight is 271 g/mol. The Morgan fingerprint density at radius 2 is 1.55 bits per heavy atom. The molecule has 0 aromatic heterocycles. The SMILES string of the molecule is Nc1ccc(C=CC(=O)c2c(O)cc(O)cc2O)cc1. The van der Waals surface area contributed by atoms with Crippen molar-refractivity contribution in [1.29, 1.82) is 0 Å². The smallest absolute Gasteiger partial charge is 0.193 e. The summed E-state index contributed by atoms with van der Waals surface area (Å²) in [5.74, 6) is -1.85. The number of phenols is 3. The molecule has 0 radical (unpaired) electrons. The molecule has 0 atom stereocenters. The highest BCUT2D eigenvalue weighted by Crippen LogP contribution is 2.32. The molecule has 0 bridgehead atoms. The number of phenolic OH excluding ortho intramolecular Hbond substituents is 3. The van der Waals surface area contributed by atoms with Gasteiger partial charge in [0.2, 0.25) is 0 Å². The third kappa shape index (κ3) is 2.89. The molecule has 2 aromatic rings.